The van der Waals surface area contributed by atoms with Crippen molar-refractivity contribution in [2.45, 2.75) is 66.6 Å². The zero-order valence-corrected chi connectivity index (χ0v) is 20.2. The Bertz CT molecular complexity index is 1040. The lowest BCUT2D eigenvalue weighted by molar-refractivity contribution is -0.122. The van der Waals surface area contributed by atoms with Crippen molar-refractivity contribution in [2.24, 2.45) is 23.2 Å². The molecule has 0 radical (unpaired) electrons. The van der Waals surface area contributed by atoms with E-state index in [0.717, 1.165) is 23.6 Å². The van der Waals surface area contributed by atoms with Crippen molar-refractivity contribution < 1.29 is 9.32 Å². The normalized spacial score (nSPS) is 26.3. The number of anilines is 1. The van der Waals surface area contributed by atoms with Gasteiger partial charge in [0, 0.05) is 18.2 Å². The molecule has 0 aliphatic heterocycles. The highest BCUT2D eigenvalue weighted by Crippen LogP contribution is 2.61. The van der Waals surface area contributed by atoms with Gasteiger partial charge in [-0.2, -0.15) is 5.10 Å². The zero-order valence-electron chi connectivity index (χ0n) is 18.7. The summed E-state index contributed by atoms with van der Waals surface area (Å²) in [5.74, 6) is 2.33. The molecule has 0 unspecified atom stereocenters. The molecule has 0 saturated heterocycles. The summed E-state index contributed by atoms with van der Waals surface area (Å²) in [5.41, 5.74) is 2.36. The van der Waals surface area contributed by atoms with Crippen molar-refractivity contribution in [3.63, 3.8) is 0 Å². The van der Waals surface area contributed by atoms with E-state index >= 15 is 0 Å². The van der Waals surface area contributed by atoms with Gasteiger partial charge in [0.2, 0.25) is 5.91 Å². The molecule has 0 aromatic carbocycles. The number of hydrogen-bond donors (Lipinski definition) is 2. The first kappa shape index (κ1) is 22.0. The Balaban J connectivity index is 1.40. The van der Waals surface area contributed by atoms with Crippen LogP contribution in [-0.2, 0) is 17.9 Å². The molecule has 31 heavy (non-hydrogen) atoms. The van der Waals surface area contributed by atoms with Gasteiger partial charge in [-0.15, -0.1) is 0 Å². The zero-order chi connectivity index (χ0) is 22.5. The summed E-state index contributed by atoms with van der Waals surface area (Å²) in [6, 6.07) is 0.323. The number of halogens is 1. The average molecular weight is 492 g/mol. The number of nitrogens with one attached hydrogen (secondary N) is 2. The molecule has 2 heterocycles. The monoisotopic (exact) mass is 491 g/mol. The number of aromatic nitrogens is 3. The van der Waals surface area contributed by atoms with Gasteiger partial charge in [-0.1, -0.05) is 25.9 Å². The Hall–Kier alpha value is -2.16. The van der Waals surface area contributed by atoms with Crippen LogP contribution in [0.5, 0.6) is 0 Å². The molecular weight excluding hydrogens is 462 g/mol. The number of amides is 1. The molecule has 3 saturated carbocycles. The standard InChI is InChI=1S/C22H30BrN5O3/c1-11-16-6-14(22(16,4)5)7-17(11)26-18-9-25-28(21(30)20(18)23)10-19(29)24-8-15-12(2)27-31-13(15)3/h9,11,14,16-17,26H,6-8,10H2,1-5H3,(H,24,29)/t11-,14-,16+,17-/m1/s1. The number of aryl methyl sites for hydroxylation is 2. The lowest BCUT2D eigenvalue weighted by Crippen LogP contribution is -2.58. The van der Waals surface area contributed by atoms with Gasteiger partial charge in [-0.05, 0) is 65.8 Å². The Morgan fingerprint density at radius 3 is 2.71 bits per heavy atom. The predicted octanol–water partition coefficient (Wildman–Crippen LogP) is 3.41. The van der Waals surface area contributed by atoms with E-state index < -0.39 is 0 Å². The largest absolute Gasteiger partial charge is 0.380 e. The molecule has 2 aromatic heterocycles. The lowest BCUT2D eigenvalue weighted by Gasteiger charge is -2.62. The maximum absolute atomic E-state index is 12.8. The van der Waals surface area contributed by atoms with Crippen LogP contribution in [0.3, 0.4) is 0 Å². The number of fused-ring (bicyclic) bond motifs is 2. The van der Waals surface area contributed by atoms with Crippen LogP contribution in [0.1, 0.15) is 50.6 Å². The van der Waals surface area contributed by atoms with Gasteiger partial charge in [0.1, 0.15) is 16.8 Å². The van der Waals surface area contributed by atoms with Crippen molar-refractivity contribution >= 4 is 27.5 Å². The highest BCUT2D eigenvalue weighted by Gasteiger charge is 2.56. The molecule has 8 nitrogen and oxygen atoms in total. The molecular formula is C22H30BrN5O3. The van der Waals surface area contributed by atoms with Crippen LogP contribution in [0.25, 0.3) is 0 Å². The number of hydrogen-bond acceptors (Lipinski definition) is 6. The molecule has 5 rings (SSSR count). The summed E-state index contributed by atoms with van der Waals surface area (Å²) >= 11 is 3.42. The first-order chi connectivity index (χ1) is 14.6. The Kier molecular flexibility index (Phi) is 5.74. The van der Waals surface area contributed by atoms with E-state index in [2.05, 4.69) is 57.6 Å². The number of rotatable bonds is 6. The average Bonchev–Trinajstić information content (AvgIpc) is 3.04. The third kappa shape index (κ3) is 3.92. The topological polar surface area (TPSA) is 102 Å². The number of carbonyl (C=O) groups is 1. The first-order valence-electron chi connectivity index (χ1n) is 10.8. The van der Waals surface area contributed by atoms with E-state index in [1.54, 1.807) is 13.1 Å². The van der Waals surface area contributed by atoms with Crippen LogP contribution >= 0.6 is 15.9 Å². The van der Waals surface area contributed by atoms with Crippen LogP contribution in [0.15, 0.2) is 20.0 Å². The van der Waals surface area contributed by atoms with Crippen molar-refractivity contribution in [3.05, 3.63) is 38.0 Å². The molecule has 0 spiro atoms. The third-order valence-electron chi connectivity index (χ3n) is 7.62. The second-order valence-corrected chi connectivity index (χ2v) is 10.4. The summed E-state index contributed by atoms with van der Waals surface area (Å²) in [7, 11) is 0. The lowest BCUT2D eigenvalue weighted by atomic mass is 9.45. The van der Waals surface area contributed by atoms with Gasteiger partial charge in [-0.25, -0.2) is 4.68 Å². The van der Waals surface area contributed by atoms with Crippen LogP contribution in [0, 0.1) is 37.0 Å². The molecule has 2 bridgehead atoms. The quantitative estimate of drug-likeness (QED) is 0.641. The molecule has 3 aliphatic rings. The van der Waals surface area contributed by atoms with E-state index in [1.807, 2.05) is 6.92 Å². The van der Waals surface area contributed by atoms with Gasteiger partial charge >= 0.3 is 0 Å². The first-order valence-corrected chi connectivity index (χ1v) is 11.6. The van der Waals surface area contributed by atoms with Crippen molar-refractivity contribution in [3.8, 4) is 0 Å². The van der Waals surface area contributed by atoms with Crippen molar-refractivity contribution in [1.82, 2.24) is 20.3 Å². The Morgan fingerprint density at radius 2 is 2.10 bits per heavy atom. The minimum atomic E-state index is -0.327. The molecule has 1 amide bonds. The minimum Gasteiger partial charge on any atom is -0.380 e. The van der Waals surface area contributed by atoms with Crippen LogP contribution in [0.4, 0.5) is 5.69 Å². The summed E-state index contributed by atoms with van der Waals surface area (Å²) < 4.78 is 6.68. The summed E-state index contributed by atoms with van der Waals surface area (Å²) in [5, 5.41) is 14.4. The van der Waals surface area contributed by atoms with E-state index in [-0.39, 0.29) is 18.0 Å². The fourth-order valence-corrected chi connectivity index (χ4v) is 5.77. The summed E-state index contributed by atoms with van der Waals surface area (Å²) in [4.78, 5) is 25.1. The van der Waals surface area contributed by atoms with Crippen molar-refractivity contribution in [2.75, 3.05) is 5.32 Å². The number of nitrogens with zero attached hydrogens (tertiary/aromatic N) is 3. The van der Waals surface area contributed by atoms with E-state index in [4.69, 9.17) is 4.52 Å². The van der Waals surface area contributed by atoms with Gasteiger partial charge in [0.05, 0.1) is 17.6 Å². The highest BCUT2D eigenvalue weighted by atomic mass is 79.9. The van der Waals surface area contributed by atoms with Gasteiger partial charge in [0.15, 0.2) is 0 Å². The van der Waals surface area contributed by atoms with E-state index in [0.29, 0.717) is 45.8 Å². The highest BCUT2D eigenvalue weighted by molar-refractivity contribution is 9.10. The second kappa shape index (κ2) is 8.07. The Morgan fingerprint density at radius 1 is 1.35 bits per heavy atom. The number of carbonyl (C=O) groups excluding carboxylic acids is 1. The van der Waals surface area contributed by atoms with Crippen LogP contribution in [0.2, 0.25) is 0 Å². The SMILES string of the molecule is Cc1noc(C)c1CNC(=O)Cn1ncc(N[C@@H]2C[C@H]3C[C@@H]([C@H]2C)C3(C)C)c(Br)c1=O. The predicted molar refractivity (Wildman–Crippen MR) is 121 cm³/mol. The Labute approximate surface area is 190 Å². The van der Waals surface area contributed by atoms with E-state index in [9.17, 15) is 9.59 Å². The molecule has 3 aliphatic carbocycles. The maximum atomic E-state index is 12.8. The van der Waals surface area contributed by atoms with E-state index in [1.165, 1.54) is 11.1 Å². The minimum absolute atomic E-state index is 0.154. The smallest absolute Gasteiger partial charge is 0.283 e. The van der Waals surface area contributed by atoms with Crippen molar-refractivity contribution in [1.29, 1.82) is 0 Å². The molecule has 9 heteroatoms. The fourth-order valence-electron chi connectivity index (χ4n) is 5.35. The second-order valence-electron chi connectivity index (χ2n) is 9.62. The van der Waals surface area contributed by atoms with Gasteiger partial charge < -0.3 is 15.2 Å². The fraction of sp³-hybridized carbons (Fsp3) is 0.636. The van der Waals surface area contributed by atoms with Gasteiger partial charge in [0.25, 0.3) is 5.56 Å². The van der Waals surface area contributed by atoms with Gasteiger partial charge in [-0.3, -0.25) is 9.59 Å². The van der Waals surface area contributed by atoms with Crippen LogP contribution in [-0.4, -0.2) is 26.9 Å². The summed E-state index contributed by atoms with van der Waals surface area (Å²) in [6.07, 6.45) is 4.03. The molecule has 168 valence electrons. The van der Waals surface area contributed by atoms with Crippen LogP contribution < -0.4 is 16.2 Å². The maximum Gasteiger partial charge on any atom is 0.283 e. The molecule has 2 aromatic rings. The molecule has 3 fully saturated rings. The molecule has 2 N–H and O–H groups in total. The summed E-state index contributed by atoms with van der Waals surface area (Å²) in [6.45, 7) is 10.8. The molecule has 4 atom stereocenters. The third-order valence-corrected chi connectivity index (χ3v) is 8.38.